The number of hydrogen-bond acceptors (Lipinski definition) is 1. The van der Waals surface area contributed by atoms with Crippen molar-refractivity contribution in [2.24, 2.45) is 0 Å². The number of aromatic amines is 2. The number of aromatic nitrogens is 2. The van der Waals surface area contributed by atoms with Gasteiger partial charge < -0.3 is 15.3 Å². The van der Waals surface area contributed by atoms with Crippen LogP contribution in [0.3, 0.4) is 0 Å². The number of rotatable bonds is 1. The monoisotopic (exact) mass is 327 g/mol. The fourth-order valence-corrected chi connectivity index (χ4v) is 4.29. The van der Waals surface area contributed by atoms with Crippen molar-refractivity contribution in [1.29, 1.82) is 0 Å². The number of allylic oxidation sites excluding steroid dienone is 1. The van der Waals surface area contributed by atoms with Crippen molar-refractivity contribution in [2.75, 3.05) is 0 Å². The molecule has 0 spiro atoms. The van der Waals surface area contributed by atoms with E-state index in [-0.39, 0.29) is 5.92 Å². The van der Waals surface area contributed by atoms with Crippen LogP contribution in [0.15, 0.2) is 67.0 Å². The summed E-state index contributed by atoms with van der Waals surface area (Å²) in [6.07, 6.45) is 3.13. The first kappa shape index (κ1) is 14.4. The summed E-state index contributed by atoms with van der Waals surface area (Å²) in [5.41, 5.74) is 7.38. The number of hydrogen-bond donors (Lipinski definition) is 3. The molecule has 1 aliphatic heterocycles. The van der Waals surface area contributed by atoms with Gasteiger partial charge in [-0.2, -0.15) is 0 Å². The van der Waals surface area contributed by atoms with Gasteiger partial charge in [0.2, 0.25) is 0 Å². The lowest BCUT2D eigenvalue weighted by Gasteiger charge is -2.20. The van der Waals surface area contributed by atoms with Gasteiger partial charge in [-0.05, 0) is 36.6 Å². The Kier molecular flexibility index (Phi) is 3.04. The van der Waals surface area contributed by atoms with E-state index in [0.29, 0.717) is 6.04 Å². The molecule has 0 bridgehead atoms. The number of fused-ring (bicyclic) bond motifs is 4. The highest BCUT2D eigenvalue weighted by Crippen LogP contribution is 2.40. The maximum Gasteiger partial charge on any atom is 0.0656 e. The molecule has 3 heteroatoms. The maximum absolute atomic E-state index is 4.39. The Bertz CT molecular complexity index is 1100. The zero-order valence-electron chi connectivity index (χ0n) is 14.3. The fraction of sp³-hybridized carbons (Fsp3) is 0.182. The van der Waals surface area contributed by atoms with Crippen LogP contribution in [0.5, 0.6) is 0 Å². The SMILES string of the molecule is C=C1NC(C)Cc2c([nH]c3ccccc23)C1c1c[nH]c2ccccc12. The van der Waals surface area contributed by atoms with Crippen molar-refractivity contribution < 1.29 is 0 Å². The standard InChI is InChI=1S/C22H21N3/c1-13-11-17-15-7-4-6-10-20(15)25-22(17)21(14(2)24-13)18-12-23-19-9-5-3-8-16(18)19/h3-10,12-13,21,23-25H,2,11H2,1H3. The van der Waals surface area contributed by atoms with E-state index in [4.69, 9.17) is 0 Å². The van der Waals surface area contributed by atoms with Crippen LogP contribution in [0.25, 0.3) is 21.8 Å². The van der Waals surface area contributed by atoms with Crippen molar-refractivity contribution in [1.82, 2.24) is 15.3 Å². The predicted octanol–water partition coefficient (Wildman–Crippen LogP) is 4.83. The van der Waals surface area contributed by atoms with Crippen LogP contribution in [0.2, 0.25) is 0 Å². The Morgan fingerprint density at radius 3 is 2.52 bits per heavy atom. The smallest absolute Gasteiger partial charge is 0.0656 e. The van der Waals surface area contributed by atoms with E-state index in [0.717, 1.165) is 12.1 Å². The van der Waals surface area contributed by atoms with Crippen molar-refractivity contribution in [3.63, 3.8) is 0 Å². The van der Waals surface area contributed by atoms with Crippen molar-refractivity contribution in [2.45, 2.75) is 25.3 Å². The number of nitrogens with one attached hydrogen (secondary N) is 3. The third-order valence-corrected chi connectivity index (χ3v) is 5.36. The molecule has 2 atom stereocenters. The molecule has 4 aromatic rings. The summed E-state index contributed by atoms with van der Waals surface area (Å²) in [6.45, 7) is 6.62. The largest absolute Gasteiger partial charge is 0.385 e. The third-order valence-electron chi connectivity index (χ3n) is 5.36. The minimum absolute atomic E-state index is 0.114. The number of H-pyrrole nitrogens is 2. The second kappa shape index (κ2) is 5.28. The predicted molar refractivity (Wildman–Crippen MR) is 104 cm³/mol. The van der Waals surface area contributed by atoms with E-state index >= 15 is 0 Å². The van der Waals surface area contributed by atoms with E-state index < -0.39 is 0 Å². The van der Waals surface area contributed by atoms with Crippen LogP contribution in [0, 0.1) is 0 Å². The quantitative estimate of drug-likeness (QED) is 0.461. The summed E-state index contributed by atoms with van der Waals surface area (Å²) < 4.78 is 0. The van der Waals surface area contributed by atoms with Crippen LogP contribution in [-0.4, -0.2) is 16.0 Å². The molecule has 3 heterocycles. The van der Waals surface area contributed by atoms with Crippen molar-refractivity contribution in [3.8, 4) is 0 Å². The molecule has 0 amide bonds. The van der Waals surface area contributed by atoms with Gasteiger partial charge in [0.1, 0.15) is 0 Å². The van der Waals surface area contributed by atoms with Gasteiger partial charge in [0, 0.05) is 45.4 Å². The highest BCUT2D eigenvalue weighted by Gasteiger charge is 2.30. The van der Waals surface area contributed by atoms with Gasteiger partial charge >= 0.3 is 0 Å². The fourth-order valence-electron chi connectivity index (χ4n) is 4.29. The molecule has 0 saturated heterocycles. The molecule has 0 fully saturated rings. The first-order valence-corrected chi connectivity index (χ1v) is 8.83. The lowest BCUT2D eigenvalue weighted by atomic mass is 9.90. The van der Waals surface area contributed by atoms with Gasteiger partial charge in [-0.3, -0.25) is 0 Å². The Morgan fingerprint density at radius 1 is 0.960 bits per heavy atom. The molecule has 0 aliphatic carbocycles. The molecular formula is C22H21N3. The molecule has 124 valence electrons. The summed E-state index contributed by atoms with van der Waals surface area (Å²) in [6, 6.07) is 17.4. The van der Waals surface area contributed by atoms with Crippen LogP contribution < -0.4 is 5.32 Å². The Hall–Kier alpha value is -2.94. The average Bonchev–Trinajstić information content (AvgIpc) is 3.15. The molecule has 25 heavy (non-hydrogen) atoms. The Morgan fingerprint density at radius 2 is 1.68 bits per heavy atom. The normalized spacial score (nSPS) is 20.4. The summed E-state index contributed by atoms with van der Waals surface area (Å²) in [7, 11) is 0. The third kappa shape index (κ3) is 2.12. The van der Waals surface area contributed by atoms with E-state index in [1.165, 1.54) is 38.6 Å². The van der Waals surface area contributed by atoms with Gasteiger partial charge in [-0.1, -0.05) is 43.0 Å². The molecule has 0 radical (unpaired) electrons. The van der Waals surface area contributed by atoms with E-state index in [9.17, 15) is 0 Å². The molecule has 5 rings (SSSR count). The Labute approximate surface area is 146 Å². The van der Waals surface area contributed by atoms with E-state index in [2.05, 4.69) is 83.5 Å². The van der Waals surface area contributed by atoms with Crippen molar-refractivity contribution in [3.05, 3.63) is 83.8 Å². The summed E-state index contributed by atoms with van der Waals surface area (Å²) in [4.78, 5) is 7.11. The summed E-state index contributed by atoms with van der Waals surface area (Å²) >= 11 is 0. The molecule has 0 saturated carbocycles. The average molecular weight is 327 g/mol. The van der Waals surface area contributed by atoms with Gasteiger partial charge in [-0.25, -0.2) is 0 Å². The second-order valence-electron chi connectivity index (χ2n) is 7.06. The molecule has 2 aromatic carbocycles. The highest BCUT2D eigenvalue weighted by atomic mass is 14.9. The number of benzene rings is 2. The zero-order valence-corrected chi connectivity index (χ0v) is 14.3. The van der Waals surface area contributed by atoms with Crippen LogP contribution in [0.1, 0.15) is 29.7 Å². The summed E-state index contributed by atoms with van der Waals surface area (Å²) in [5.74, 6) is 0.114. The van der Waals surface area contributed by atoms with Crippen LogP contribution in [-0.2, 0) is 6.42 Å². The lowest BCUT2D eigenvalue weighted by Crippen LogP contribution is -2.27. The first-order chi connectivity index (χ1) is 12.2. The van der Waals surface area contributed by atoms with Crippen molar-refractivity contribution >= 4 is 21.8 Å². The molecule has 3 nitrogen and oxygen atoms in total. The van der Waals surface area contributed by atoms with Crippen LogP contribution >= 0.6 is 0 Å². The van der Waals surface area contributed by atoms with E-state index in [1.807, 2.05) is 0 Å². The first-order valence-electron chi connectivity index (χ1n) is 8.83. The molecule has 2 unspecified atom stereocenters. The maximum atomic E-state index is 4.39. The van der Waals surface area contributed by atoms with Gasteiger partial charge in [0.05, 0.1) is 5.92 Å². The number of para-hydroxylation sites is 2. The molecule has 1 aliphatic rings. The minimum atomic E-state index is 0.114. The van der Waals surface area contributed by atoms with Crippen LogP contribution in [0.4, 0.5) is 0 Å². The van der Waals surface area contributed by atoms with Gasteiger partial charge in [-0.15, -0.1) is 0 Å². The molecular weight excluding hydrogens is 306 g/mol. The van der Waals surface area contributed by atoms with E-state index in [1.54, 1.807) is 0 Å². The topological polar surface area (TPSA) is 43.6 Å². The highest BCUT2D eigenvalue weighted by molar-refractivity contribution is 5.88. The zero-order chi connectivity index (χ0) is 17.0. The lowest BCUT2D eigenvalue weighted by molar-refractivity contribution is 0.611. The minimum Gasteiger partial charge on any atom is -0.385 e. The second-order valence-corrected chi connectivity index (χ2v) is 7.06. The molecule has 3 N–H and O–H groups in total. The summed E-state index contributed by atoms with van der Waals surface area (Å²) in [5, 5.41) is 6.20. The Balaban J connectivity index is 1.80. The molecule has 2 aromatic heterocycles. The van der Waals surface area contributed by atoms with Gasteiger partial charge in [0.25, 0.3) is 0 Å². The van der Waals surface area contributed by atoms with Gasteiger partial charge in [0.15, 0.2) is 0 Å².